The van der Waals surface area contributed by atoms with Gasteiger partial charge < -0.3 is 20.1 Å². The number of rotatable bonds is 11. The molecule has 0 radical (unpaired) electrons. The Labute approximate surface area is 193 Å². The first-order valence-electron chi connectivity index (χ1n) is 11.6. The molecule has 0 bridgehead atoms. The highest BCUT2D eigenvalue weighted by Crippen LogP contribution is 2.41. The first kappa shape index (κ1) is 26.1. The monoisotopic (exact) mass is 440 g/mol. The molecule has 0 saturated heterocycles. The normalized spacial score (nSPS) is 12.7. The van der Waals surface area contributed by atoms with Crippen molar-refractivity contribution in [2.24, 2.45) is 5.92 Å². The maximum Gasteiger partial charge on any atom is 0.122 e. The van der Waals surface area contributed by atoms with Crippen LogP contribution in [0.1, 0.15) is 68.4 Å². The van der Waals surface area contributed by atoms with Gasteiger partial charge in [-0.1, -0.05) is 56.3 Å². The zero-order valence-corrected chi connectivity index (χ0v) is 20.5. The number of benzene rings is 2. The summed E-state index contributed by atoms with van der Waals surface area (Å²) < 4.78 is 5.86. The molecule has 0 aromatic heterocycles. The maximum atomic E-state index is 10.0. The molecule has 3 N–H and O–H groups in total. The minimum absolute atomic E-state index is 0.0945. The van der Waals surface area contributed by atoms with E-state index in [9.17, 15) is 15.3 Å². The summed E-state index contributed by atoms with van der Waals surface area (Å²) in [6.07, 6.45) is 5.75. The number of hydrogen-bond donors (Lipinski definition) is 3. The van der Waals surface area contributed by atoms with Gasteiger partial charge in [-0.15, -0.1) is 0 Å². The van der Waals surface area contributed by atoms with Crippen molar-refractivity contribution in [1.82, 2.24) is 0 Å². The quantitative estimate of drug-likeness (QED) is 0.451. The molecule has 0 aliphatic carbocycles. The van der Waals surface area contributed by atoms with Crippen molar-refractivity contribution < 1.29 is 20.1 Å². The third kappa shape index (κ3) is 6.22. The summed E-state index contributed by atoms with van der Waals surface area (Å²) in [6, 6.07) is 13.0. The van der Waals surface area contributed by atoms with Gasteiger partial charge in [0.05, 0.1) is 25.4 Å². The topological polar surface area (TPSA) is 69.9 Å². The molecule has 4 heteroatoms. The summed E-state index contributed by atoms with van der Waals surface area (Å²) in [5.74, 6) is 0.511. The Hall–Kier alpha value is -2.14. The average Bonchev–Trinajstić information content (AvgIpc) is 2.75. The van der Waals surface area contributed by atoms with Gasteiger partial charge in [-0.2, -0.15) is 0 Å². The molecular formula is C28H40O4. The van der Waals surface area contributed by atoms with Crippen LogP contribution >= 0.6 is 0 Å². The van der Waals surface area contributed by atoms with Gasteiger partial charge in [0.15, 0.2) is 0 Å². The SMILES string of the molecule is CCC(CC)(c1ccc(C=CC(C)(C)O)c(C)c1)c1ccc(OCC(CO)CO)c(C)c1. The lowest BCUT2D eigenvalue weighted by Crippen LogP contribution is -2.26. The minimum Gasteiger partial charge on any atom is -0.493 e. The van der Waals surface area contributed by atoms with Crippen molar-refractivity contribution in [3.63, 3.8) is 0 Å². The molecule has 0 aliphatic heterocycles. The number of ether oxygens (including phenoxy) is 1. The lowest BCUT2D eigenvalue weighted by molar-refractivity contribution is 0.106. The Morgan fingerprint density at radius 2 is 1.47 bits per heavy atom. The van der Waals surface area contributed by atoms with Gasteiger partial charge in [-0.05, 0) is 74.4 Å². The second kappa shape index (κ2) is 11.1. The molecule has 2 aromatic carbocycles. The zero-order valence-electron chi connectivity index (χ0n) is 20.5. The highest BCUT2D eigenvalue weighted by atomic mass is 16.5. The van der Waals surface area contributed by atoms with Crippen molar-refractivity contribution in [1.29, 1.82) is 0 Å². The van der Waals surface area contributed by atoms with Crippen LogP contribution in [-0.4, -0.2) is 40.7 Å². The minimum atomic E-state index is -0.836. The van der Waals surface area contributed by atoms with E-state index < -0.39 is 5.60 Å². The third-order valence-corrected chi connectivity index (χ3v) is 6.42. The predicted molar refractivity (Wildman–Crippen MR) is 132 cm³/mol. The van der Waals surface area contributed by atoms with E-state index >= 15 is 0 Å². The Morgan fingerprint density at radius 3 is 1.94 bits per heavy atom. The van der Waals surface area contributed by atoms with Crippen LogP contribution in [0.5, 0.6) is 5.75 Å². The fraction of sp³-hybridized carbons (Fsp3) is 0.500. The van der Waals surface area contributed by atoms with Crippen molar-refractivity contribution >= 4 is 6.08 Å². The van der Waals surface area contributed by atoms with Gasteiger partial charge in [-0.25, -0.2) is 0 Å². The van der Waals surface area contributed by atoms with Gasteiger partial charge in [0.2, 0.25) is 0 Å². The Kier molecular flexibility index (Phi) is 9.08. The Bertz CT molecular complexity index is 900. The molecule has 176 valence electrons. The average molecular weight is 441 g/mol. The fourth-order valence-electron chi connectivity index (χ4n) is 4.17. The lowest BCUT2D eigenvalue weighted by atomic mass is 9.70. The largest absolute Gasteiger partial charge is 0.493 e. The first-order valence-corrected chi connectivity index (χ1v) is 11.6. The van der Waals surface area contributed by atoms with Crippen LogP contribution in [0.3, 0.4) is 0 Å². The zero-order chi connectivity index (χ0) is 23.9. The number of aliphatic hydroxyl groups excluding tert-OH is 2. The van der Waals surface area contributed by atoms with E-state index in [2.05, 4.69) is 51.1 Å². The molecule has 0 saturated carbocycles. The maximum absolute atomic E-state index is 10.0. The molecular weight excluding hydrogens is 400 g/mol. The van der Waals surface area contributed by atoms with E-state index in [-0.39, 0.29) is 24.5 Å². The van der Waals surface area contributed by atoms with E-state index in [1.807, 2.05) is 25.1 Å². The van der Waals surface area contributed by atoms with Crippen LogP contribution in [0.2, 0.25) is 0 Å². The number of aryl methyl sites for hydroxylation is 2. The Morgan fingerprint density at radius 1 is 0.906 bits per heavy atom. The van der Waals surface area contributed by atoms with Crippen LogP contribution in [-0.2, 0) is 5.41 Å². The van der Waals surface area contributed by atoms with Gasteiger partial charge in [0, 0.05) is 11.3 Å². The van der Waals surface area contributed by atoms with E-state index in [0.29, 0.717) is 6.61 Å². The molecule has 0 spiro atoms. The number of aliphatic hydroxyl groups is 3. The van der Waals surface area contributed by atoms with E-state index in [1.165, 1.54) is 16.7 Å². The van der Waals surface area contributed by atoms with E-state index in [1.54, 1.807) is 13.8 Å². The van der Waals surface area contributed by atoms with Crippen LogP contribution in [0.15, 0.2) is 42.5 Å². The highest BCUT2D eigenvalue weighted by Gasteiger charge is 2.31. The van der Waals surface area contributed by atoms with Crippen LogP contribution in [0, 0.1) is 19.8 Å². The molecule has 0 atom stereocenters. The fourth-order valence-corrected chi connectivity index (χ4v) is 4.17. The molecule has 32 heavy (non-hydrogen) atoms. The van der Waals surface area contributed by atoms with Crippen molar-refractivity contribution in [3.05, 3.63) is 70.3 Å². The van der Waals surface area contributed by atoms with Crippen molar-refractivity contribution in [3.8, 4) is 5.75 Å². The van der Waals surface area contributed by atoms with Crippen molar-refractivity contribution in [2.75, 3.05) is 19.8 Å². The summed E-state index contributed by atoms with van der Waals surface area (Å²) in [5.41, 5.74) is 4.94. The molecule has 2 rings (SSSR count). The van der Waals surface area contributed by atoms with Gasteiger partial charge in [0.1, 0.15) is 5.75 Å². The van der Waals surface area contributed by atoms with Crippen LogP contribution in [0.25, 0.3) is 6.08 Å². The van der Waals surface area contributed by atoms with Gasteiger partial charge in [0.25, 0.3) is 0 Å². The van der Waals surface area contributed by atoms with E-state index in [0.717, 1.165) is 29.7 Å². The van der Waals surface area contributed by atoms with Gasteiger partial charge >= 0.3 is 0 Å². The molecule has 0 unspecified atom stereocenters. The molecule has 0 heterocycles. The van der Waals surface area contributed by atoms with Gasteiger partial charge in [-0.3, -0.25) is 0 Å². The first-order chi connectivity index (χ1) is 15.1. The molecule has 4 nitrogen and oxygen atoms in total. The van der Waals surface area contributed by atoms with E-state index in [4.69, 9.17) is 4.74 Å². The van der Waals surface area contributed by atoms with Crippen LogP contribution in [0.4, 0.5) is 0 Å². The smallest absolute Gasteiger partial charge is 0.122 e. The second-order valence-corrected chi connectivity index (χ2v) is 9.37. The van der Waals surface area contributed by atoms with Crippen LogP contribution < -0.4 is 4.74 Å². The molecule has 0 fully saturated rings. The second-order valence-electron chi connectivity index (χ2n) is 9.37. The molecule has 2 aromatic rings. The highest BCUT2D eigenvalue weighted by molar-refractivity contribution is 5.57. The molecule has 0 aliphatic rings. The lowest BCUT2D eigenvalue weighted by Gasteiger charge is -2.34. The summed E-state index contributed by atoms with van der Waals surface area (Å²) in [4.78, 5) is 0. The standard InChI is InChI=1S/C28H40O4/c1-7-28(8-2,24-10-9-23(20(3)15-24)13-14-27(5,6)31)25-11-12-26(21(4)16-25)32-19-22(17-29)18-30/h9-16,22,29-31H,7-8,17-19H2,1-6H3. The van der Waals surface area contributed by atoms with Crippen molar-refractivity contribution in [2.45, 2.75) is 65.4 Å². The summed E-state index contributed by atoms with van der Waals surface area (Å²) in [7, 11) is 0. The molecule has 0 amide bonds. The summed E-state index contributed by atoms with van der Waals surface area (Å²) in [5, 5.41) is 28.5. The number of hydrogen-bond acceptors (Lipinski definition) is 4. The summed E-state index contributed by atoms with van der Waals surface area (Å²) in [6.45, 7) is 12.3. The predicted octanol–water partition coefficient (Wildman–Crippen LogP) is 5.17. The summed E-state index contributed by atoms with van der Waals surface area (Å²) >= 11 is 0. The third-order valence-electron chi connectivity index (χ3n) is 6.42. The Balaban J connectivity index is 2.39.